The molecule has 0 spiro atoms. The number of rotatable bonds is 3. The highest BCUT2D eigenvalue weighted by Crippen LogP contribution is 2.35. The summed E-state index contributed by atoms with van der Waals surface area (Å²) in [7, 11) is 0. The lowest BCUT2D eigenvalue weighted by Crippen LogP contribution is -2.54. The predicted octanol–water partition coefficient (Wildman–Crippen LogP) is 3.79. The number of hydrogen-bond donors (Lipinski definition) is 1. The molecule has 0 aliphatic carbocycles. The zero-order valence-electron chi connectivity index (χ0n) is 17.7. The molecule has 0 bridgehead atoms. The number of hydrogen-bond acceptors (Lipinski definition) is 5. The van der Waals surface area contributed by atoms with Crippen LogP contribution in [0.5, 0.6) is 11.5 Å². The van der Waals surface area contributed by atoms with Gasteiger partial charge in [-0.1, -0.05) is 0 Å². The van der Waals surface area contributed by atoms with E-state index in [1.165, 1.54) is 29.2 Å². The van der Waals surface area contributed by atoms with Crippen molar-refractivity contribution in [2.45, 2.75) is 13.8 Å². The summed E-state index contributed by atoms with van der Waals surface area (Å²) in [6.07, 6.45) is 1.54. The first kappa shape index (κ1) is 20.9. The van der Waals surface area contributed by atoms with Crippen molar-refractivity contribution < 1.29 is 23.5 Å². The van der Waals surface area contributed by atoms with Crippen molar-refractivity contribution in [3.8, 4) is 17.2 Å². The SMILES string of the molecule is Cc1cc(/C=C2\C(=O)NC(=S)N(c3ccc(F)cc3)C2=O)c(C)n1-c1ccc2c(c1)OCO2. The van der Waals surface area contributed by atoms with Crippen LogP contribution in [0.3, 0.4) is 0 Å². The van der Waals surface area contributed by atoms with Gasteiger partial charge in [-0.3, -0.25) is 19.8 Å². The zero-order valence-corrected chi connectivity index (χ0v) is 18.5. The van der Waals surface area contributed by atoms with E-state index >= 15 is 0 Å². The summed E-state index contributed by atoms with van der Waals surface area (Å²) in [5, 5.41) is 2.49. The third-order valence-corrected chi connectivity index (χ3v) is 5.86. The highest BCUT2D eigenvalue weighted by atomic mass is 32.1. The Bertz CT molecular complexity index is 1360. The number of thiocarbonyl (C=S) groups is 1. The minimum atomic E-state index is -0.587. The summed E-state index contributed by atoms with van der Waals surface area (Å²) in [5.41, 5.74) is 3.61. The number of fused-ring (bicyclic) bond motifs is 1. The third-order valence-electron chi connectivity index (χ3n) is 5.57. The van der Waals surface area contributed by atoms with Crippen molar-refractivity contribution >= 4 is 40.9 Å². The zero-order chi connectivity index (χ0) is 23.3. The molecule has 0 saturated carbocycles. The molecular formula is C24H18FN3O4S. The molecule has 0 atom stereocenters. The molecule has 9 heteroatoms. The fourth-order valence-corrected chi connectivity index (χ4v) is 4.27. The van der Waals surface area contributed by atoms with E-state index in [4.69, 9.17) is 21.7 Å². The van der Waals surface area contributed by atoms with Gasteiger partial charge in [0.25, 0.3) is 11.8 Å². The molecule has 1 saturated heterocycles. The third kappa shape index (κ3) is 3.56. The number of halogens is 1. The molecule has 5 rings (SSSR count). The van der Waals surface area contributed by atoms with Crippen molar-refractivity contribution in [1.82, 2.24) is 9.88 Å². The lowest BCUT2D eigenvalue weighted by molar-refractivity contribution is -0.122. The smallest absolute Gasteiger partial charge is 0.270 e. The highest BCUT2D eigenvalue weighted by Gasteiger charge is 2.34. The van der Waals surface area contributed by atoms with Crippen LogP contribution < -0.4 is 19.7 Å². The summed E-state index contributed by atoms with van der Waals surface area (Å²) in [6, 6.07) is 12.8. The van der Waals surface area contributed by atoms with Gasteiger partial charge in [0.1, 0.15) is 11.4 Å². The van der Waals surface area contributed by atoms with Gasteiger partial charge in [-0.2, -0.15) is 0 Å². The first-order chi connectivity index (χ1) is 15.8. The van der Waals surface area contributed by atoms with Crippen molar-refractivity contribution in [2.75, 3.05) is 11.7 Å². The Morgan fingerprint density at radius 2 is 1.70 bits per heavy atom. The molecule has 7 nitrogen and oxygen atoms in total. The van der Waals surface area contributed by atoms with Crippen LogP contribution in [-0.2, 0) is 9.59 Å². The molecule has 1 aromatic heterocycles. The van der Waals surface area contributed by atoms with Gasteiger partial charge < -0.3 is 14.0 Å². The van der Waals surface area contributed by atoms with E-state index in [2.05, 4.69) is 5.32 Å². The maximum absolute atomic E-state index is 13.3. The maximum atomic E-state index is 13.3. The Hall–Kier alpha value is -3.98. The first-order valence-corrected chi connectivity index (χ1v) is 10.5. The number of anilines is 1. The topological polar surface area (TPSA) is 72.8 Å². The van der Waals surface area contributed by atoms with Crippen LogP contribution in [0, 0.1) is 19.7 Å². The fraction of sp³-hybridized carbons (Fsp3) is 0.125. The van der Waals surface area contributed by atoms with Crippen LogP contribution in [-0.4, -0.2) is 28.3 Å². The highest BCUT2D eigenvalue weighted by molar-refractivity contribution is 7.80. The molecule has 2 aromatic carbocycles. The second-order valence-electron chi connectivity index (χ2n) is 7.63. The Labute approximate surface area is 194 Å². The van der Waals surface area contributed by atoms with Crippen LogP contribution in [0.25, 0.3) is 11.8 Å². The number of carbonyl (C=O) groups excluding carboxylic acids is 2. The van der Waals surface area contributed by atoms with Crippen LogP contribution in [0.15, 0.2) is 54.1 Å². The van der Waals surface area contributed by atoms with E-state index in [0.717, 1.165) is 17.1 Å². The average Bonchev–Trinajstić information content (AvgIpc) is 3.35. The van der Waals surface area contributed by atoms with E-state index in [0.29, 0.717) is 22.7 Å². The molecule has 33 heavy (non-hydrogen) atoms. The Kier molecular flexibility index (Phi) is 4.98. The number of nitrogens with zero attached hydrogens (tertiary/aromatic N) is 2. The summed E-state index contributed by atoms with van der Waals surface area (Å²) >= 11 is 5.19. The number of nitrogens with one attached hydrogen (secondary N) is 1. The molecule has 2 aliphatic rings. The second kappa shape index (κ2) is 7.86. The van der Waals surface area contributed by atoms with E-state index in [1.54, 1.807) is 6.08 Å². The molecule has 2 amide bonds. The van der Waals surface area contributed by atoms with E-state index < -0.39 is 17.6 Å². The minimum absolute atomic E-state index is 0.0559. The van der Waals surface area contributed by atoms with Gasteiger partial charge in [0, 0.05) is 23.1 Å². The number of benzene rings is 2. The van der Waals surface area contributed by atoms with Gasteiger partial charge >= 0.3 is 0 Å². The van der Waals surface area contributed by atoms with Gasteiger partial charge in [0.2, 0.25) is 6.79 Å². The van der Waals surface area contributed by atoms with Crippen molar-refractivity contribution in [1.29, 1.82) is 0 Å². The number of aromatic nitrogens is 1. The molecule has 0 unspecified atom stereocenters. The maximum Gasteiger partial charge on any atom is 0.270 e. The van der Waals surface area contributed by atoms with Gasteiger partial charge in [-0.15, -0.1) is 0 Å². The van der Waals surface area contributed by atoms with Crippen molar-refractivity contribution in [2.24, 2.45) is 0 Å². The lowest BCUT2D eigenvalue weighted by Gasteiger charge is -2.28. The summed E-state index contributed by atoms with van der Waals surface area (Å²) in [5.74, 6) is -0.264. The molecule has 1 fully saturated rings. The number of aryl methyl sites for hydroxylation is 1. The second-order valence-corrected chi connectivity index (χ2v) is 8.02. The Morgan fingerprint density at radius 1 is 1.00 bits per heavy atom. The van der Waals surface area contributed by atoms with Crippen LogP contribution in [0.1, 0.15) is 17.0 Å². The van der Waals surface area contributed by atoms with E-state index in [1.807, 2.05) is 42.7 Å². The van der Waals surface area contributed by atoms with Gasteiger partial charge in [-0.25, -0.2) is 4.39 Å². The van der Waals surface area contributed by atoms with Crippen molar-refractivity contribution in [3.63, 3.8) is 0 Å². The predicted molar refractivity (Wildman–Crippen MR) is 124 cm³/mol. The van der Waals surface area contributed by atoms with Crippen LogP contribution in [0.2, 0.25) is 0 Å². The monoisotopic (exact) mass is 463 g/mol. The van der Waals surface area contributed by atoms with Crippen molar-refractivity contribution in [3.05, 3.63) is 76.9 Å². The lowest BCUT2D eigenvalue weighted by atomic mass is 10.1. The minimum Gasteiger partial charge on any atom is -0.454 e. The Morgan fingerprint density at radius 3 is 2.45 bits per heavy atom. The first-order valence-electron chi connectivity index (χ1n) is 10.1. The molecule has 3 aromatic rings. The Balaban J connectivity index is 1.54. The molecule has 166 valence electrons. The standard InChI is InChI=1S/C24H18FN3O4S/c1-13-9-15(14(2)27(13)18-7-8-20-21(11-18)32-12-31-20)10-19-22(29)26-24(33)28(23(19)30)17-5-3-16(25)4-6-17/h3-11H,12H2,1-2H3,(H,26,29,33)/b19-10+. The molecule has 0 radical (unpaired) electrons. The van der Waals surface area contributed by atoms with Gasteiger partial charge in [0.05, 0.1) is 5.69 Å². The number of carbonyl (C=O) groups is 2. The molecular weight excluding hydrogens is 445 g/mol. The van der Waals surface area contributed by atoms with Crippen LogP contribution in [0.4, 0.5) is 10.1 Å². The van der Waals surface area contributed by atoms with E-state index in [-0.39, 0.29) is 17.5 Å². The number of amides is 2. The molecule has 2 aliphatic heterocycles. The van der Waals surface area contributed by atoms with Gasteiger partial charge in [-0.05, 0) is 80.2 Å². The van der Waals surface area contributed by atoms with E-state index in [9.17, 15) is 14.0 Å². The van der Waals surface area contributed by atoms with Crippen LogP contribution >= 0.6 is 12.2 Å². The average molecular weight is 463 g/mol. The summed E-state index contributed by atoms with van der Waals surface area (Å²) in [4.78, 5) is 27.0. The molecule has 3 heterocycles. The molecule has 1 N–H and O–H groups in total. The van der Waals surface area contributed by atoms with Gasteiger partial charge in [0.15, 0.2) is 16.6 Å². The quantitative estimate of drug-likeness (QED) is 0.364. The fourth-order valence-electron chi connectivity index (χ4n) is 3.99. The normalized spacial score (nSPS) is 16.5. The largest absolute Gasteiger partial charge is 0.454 e. The summed E-state index contributed by atoms with van der Waals surface area (Å²) < 4.78 is 26.2. The number of ether oxygens (including phenoxy) is 2. The summed E-state index contributed by atoms with van der Waals surface area (Å²) in [6.45, 7) is 4.02.